The molecule has 0 unspecified atom stereocenters. The number of aromatic nitrogens is 1. The van der Waals surface area contributed by atoms with Crippen LogP contribution >= 0.6 is 11.3 Å². The highest BCUT2D eigenvalue weighted by Gasteiger charge is 2.18. The minimum Gasteiger partial charge on any atom is -0.379 e. The van der Waals surface area contributed by atoms with Crippen LogP contribution in [0.3, 0.4) is 0 Å². The highest BCUT2D eigenvalue weighted by atomic mass is 32.1. The largest absolute Gasteiger partial charge is 0.379 e. The van der Waals surface area contributed by atoms with Crippen LogP contribution < -0.4 is 5.32 Å². The second-order valence-electron chi connectivity index (χ2n) is 4.47. The van der Waals surface area contributed by atoms with Crippen molar-refractivity contribution in [2.24, 2.45) is 0 Å². The third-order valence-corrected chi connectivity index (χ3v) is 4.11. The predicted molar refractivity (Wildman–Crippen MR) is 71.0 cm³/mol. The maximum absolute atomic E-state index is 11.9. The molecule has 1 aliphatic heterocycles. The fourth-order valence-electron chi connectivity index (χ4n) is 1.99. The standard InChI is InChI=1S/C12H19N3O2S/c1-9(15-3-5-17-6-4-15)7-13-12(16)11-10(2)14-8-18-11/h8-9H,3-7H2,1-2H3,(H,13,16)/t9-/m0/s1. The SMILES string of the molecule is Cc1ncsc1C(=O)NC[C@H](C)N1CCOCC1. The quantitative estimate of drug-likeness (QED) is 0.882. The molecule has 0 radical (unpaired) electrons. The molecular weight excluding hydrogens is 250 g/mol. The Morgan fingerprint density at radius 3 is 2.94 bits per heavy atom. The van der Waals surface area contributed by atoms with Gasteiger partial charge in [-0.05, 0) is 13.8 Å². The summed E-state index contributed by atoms with van der Waals surface area (Å²) in [6.07, 6.45) is 0. The first-order valence-electron chi connectivity index (χ1n) is 6.18. The van der Waals surface area contributed by atoms with E-state index in [0.717, 1.165) is 32.0 Å². The van der Waals surface area contributed by atoms with Gasteiger partial charge in [0.05, 0.1) is 24.4 Å². The van der Waals surface area contributed by atoms with Gasteiger partial charge in [0.2, 0.25) is 0 Å². The van der Waals surface area contributed by atoms with Crippen molar-refractivity contribution in [2.75, 3.05) is 32.8 Å². The number of hydrogen-bond donors (Lipinski definition) is 1. The second-order valence-corrected chi connectivity index (χ2v) is 5.33. The molecular formula is C12H19N3O2S. The van der Waals surface area contributed by atoms with Gasteiger partial charge in [-0.3, -0.25) is 9.69 Å². The van der Waals surface area contributed by atoms with Crippen LogP contribution in [0.25, 0.3) is 0 Å². The summed E-state index contributed by atoms with van der Waals surface area (Å²) in [6.45, 7) is 8.10. The van der Waals surface area contributed by atoms with Crippen LogP contribution in [0.1, 0.15) is 22.3 Å². The van der Waals surface area contributed by atoms with Crippen molar-refractivity contribution in [3.05, 3.63) is 16.1 Å². The van der Waals surface area contributed by atoms with E-state index in [1.165, 1.54) is 11.3 Å². The zero-order valence-corrected chi connectivity index (χ0v) is 11.6. The molecule has 0 aliphatic carbocycles. The zero-order valence-electron chi connectivity index (χ0n) is 10.8. The lowest BCUT2D eigenvalue weighted by Crippen LogP contribution is -2.47. The van der Waals surface area contributed by atoms with Crippen molar-refractivity contribution in [2.45, 2.75) is 19.9 Å². The van der Waals surface area contributed by atoms with Gasteiger partial charge in [0.15, 0.2) is 0 Å². The topological polar surface area (TPSA) is 54.5 Å². The van der Waals surface area contributed by atoms with Gasteiger partial charge >= 0.3 is 0 Å². The molecule has 1 atom stereocenters. The van der Waals surface area contributed by atoms with Gasteiger partial charge in [0.25, 0.3) is 5.91 Å². The van der Waals surface area contributed by atoms with Crippen molar-refractivity contribution in [1.29, 1.82) is 0 Å². The molecule has 0 saturated carbocycles. The van der Waals surface area contributed by atoms with Crippen LogP contribution in [0.2, 0.25) is 0 Å². The van der Waals surface area contributed by atoms with Crippen LogP contribution in [0.4, 0.5) is 0 Å². The number of rotatable bonds is 4. The molecule has 5 nitrogen and oxygen atoms in total. The average Bonchev–Trinajstić information content (AvgIpc) is 2.83. The minimum absolute atomic E-state index is 0.0184. The number of aryl methyl sites for hydroxylation is 1. The number of ether oxygens (including phenoxy) is 1. The predicted octanol–water partition coefficient (Wildman–Crippen LogP) is 0.902. The van der Waals surface area contributed by atoms with Crippen molar-refractivity contribution < 1.29 is 9.53 Å². The summed E-state index contributed by atoms with van der Waals surface area (Å²) in [5.41, 5.74) is 2.51. The van der Waals surface area contributed by atoms with Crippen LogP contribution in [0.15, 0.2) is 5.51 Å². The zero-order chi connectivity index (χ0) is 13.0. The van der Waals surface area contributed by atoms with E-state index in [9.17, 15) is 4.79 Å². The van der Waals surface area contributed by atoms with E-state index in [2.05, 4.69) is 22.1 Å². The highest BCUT2D eigenvalue weighted by molar-refractivity contribution is 7.11. The highest BCUT2D eigenvalue weighted by Crippen LogP contribution is 2.11. The van der Waals surface area contributed by atoms with Gasteiger partial charge in [-0.25, -0.2) is 4.98 Å². The number of carbonyl (C=O) groups excluding carboxylic acids is 1. The van der Waals surface area contributed by atoms with Crippen LogP contribution in [-0.2, 0) is 4.74 Å². The van der Waals surface area contributed by atoms with E-state index in [1.807, 2.05) is 6.92 Å². The first-order chi connectivity index (χ1) is 8.68. The average molecular weight is 269 g/mol. The van der Waals surface area contributed by atoms with Crippen molar-refractivity contribution in [3.8, 4) is 0 Å². The number of thiazole rings is 1. The lowest BCUT2D eigenvalue weighted by atomic mass is 10.2. The Kier molecular flexibility index (Phi) is 4.68. The Morgan fingerprint density at radius 2 is 2.33 bits per heavy atom. The smallest absolute Gasteiger partial charge is 0.263 e. The van der Waals surface area contributed by atoms with E-state index in [4.69, 9.17) is 4.74 Å². The van der Waals surface area contributed by atoms with Gasteiger partial charge in [0, 0.05) is 25.7 Å². The first kappa shape index (κ1) is 13.5. The minimum atomic E-state index is -0.0184. The molecule has 1 aromatic rings. The second kappa shape index (κ2) is 6.26. The van der Waals surface area contributed by atoms with Crippen LogP contribution in [0.5, 0.6) is 0 Å². The summed E-state index contributed by atoms with van der Waals surface area (Å²) in [7, 11) is 0. The summed E-state index contributed by atoms with van der Waals surface area (Å²) in [6, 6.07) is 0.339. The summed E-state index contributed by atoms with van der Waals surface area (Å²) in [5.74, 6) is -0.0184. The summed E-state index contributed by atoms with van der Waals surface area (Å²) < 4.78 is 5.31. The van der Waals surface area contributed by atoms with E-state index >= 15 is 0 Å². The summed E-state index contributed by atoms with van der Waals surface area (Å²) in [4.78, 5) is 19.1. The van der Waals surface area contributed by atoms with Gasteiger partial charge in [-0.2, -0.15) is 0 Å². The molecule has 1 amide bonds. The Morgan fingerprint density at radius 1 is 1.61 bits per heavy atom. The molecule has 100 valence electrons. The first-order valence-corrected chi connectivity index (χ1v) is 7.06. The molecule has 18 heavy (non-hydrogen) atoms. The molecule has 0 spiro atoms. The third kappa shape index (κ3) is 3.28. The van der Waals surface area contributed by atoms with Gasteiger partial charge < -0.3 is 10.1 Å². The Labute approximate surface area is 111 Å². The van der Waals surface area contributed by atoms with Gasteiger partial charge in [-0.1, -0.05) is 0 Å². The number of morpholine rings is 1. The lowest BCUT2D eigenvalue weighted by Gasteiger charge is -2.32. The summed E-state index contributed by atoms with van der Waals surface area (Å²) >= 11 is 1.39. The van der Waals surface area contributed by atoms with Crippen LogP contribution in [0, 0.1) is 6.92 Å². The Balaban J connectivity index is 1.80. The molecule has 0 aromatic carbocycles. The van der Waals surface area contributed by atoms with Crippen molar-refractivity contribution >= 4 is 17.2 Å². The molecule has 1 saturated heterocycles. The molecule has 2 heterocycles. The third-order valence-electron chi connectivity index (χ3n) is 3.18. The number of nitrogens with one attached hydrogen (secondary N) is 1. The molecule has 1 fully saturated rings. The number of nitrogens with zero attached hydrogens (tertiary/aromatic N) is 2. The maximum atomic E-state index is 11.9. The molecule has 1 N–H and O–H groups in total. The molecule has 1 aromatic heterocycles. The van der Waals surface area contributed by atoms with Crippen molar-refractivity contribution in [1.82, 2.24) is 15.2 Å². The van der Waals surface area contributed by atoms with E-state index in [-0.39, 0.29) is 5.91 Å². The fraction of sp³-hybridized carbons (Fsp3) is 0.667. The van der Waals surface area contributed by atoms with Gasteiger partial charge in [0.1, 0.15) is 4.88 Å². The molecule has 1 aliphatic rings. The number of carbonyl (C=O) groups is 1. The molecule has 2 rings (SSSR count). The van der Waals surface area contributed by atoms with Gasteiger partial charge in [-0.15, -0.1) is 11.3 Å². The normalized spacial score (nSPS) is 18.6. The molecule has 6 heteroatoms. The van der Waals surface area contributed by atoms with E-state index in [1.54, 1.807) is 5.51 Å². The summed E-state index contributed by atoms with van der Waals surface area (Å²) in [5, 5.41) is 2.97. The van der Waals surface area contributed by atoms with E-state index in [0.29, 0.717) is 17.5 Å². The number of amides is 1. The van der Waals surface area contributed by atoms with Crippen molar-refractivity contribution in [3.63, 3.8) is 0 Å². The Hall–Kier alpha value is -0.980. The molecule has 0 bridgehead atoms. The van der Waals surface area contributed by atoms with E-state index < -0.39 is 0 Å². The monoisotopic (exact) mass is 269 g/mol. The lowest BCUT2D eigenvalue weighted by molar-refractivity contribution is 0.0204. The number of hydrogen-bond acceptors (Lipinski definition) is 5. The Bertz CT molecular complexity index is 402. The maximum Gasteiger partial charge on any atom is 0.263 e. The van der Waals surface area contributed by atoms with Crippen LogP contribution in [-0.4, -0.2) is 54.7 Å². The fourth-order valence-corrected chi connectivity index (χ4v) is 2.71.